The fourth-order valence-corrected chi connectivity index (χ4v) is 2.67. The van der Waals surface area contributed by atoms with E-state index >= 15 is 0 Å². The zero-order valence-electron chi connectivity index (χ0n) is 10.8. The molecular formula is C14H23N3. The van der Waals surface area contributed by atoms with Gasteiger partial charge >= 0.3 is 0 Å². The number of piperidine rings is 1. The zero-order chi connectivity index (χ0) is 12.3. The first kappa shape index (κ1) is 12.5. The summed E-state index contributed by atoms with van der Waals surface area (Å²) in [5.74, 6) is 0.634. The maximum Gasteiger partial charge on any atom is 0.0572 e. The van der Waals surface area contributed by atoms with Gasteiger partial charge in [0.2, 0.25) is 0 Å². The van der Waals surface area contributed by atoms with Crippen molar-refractivity contribution in [2.45, 2.75) is 38.8 Å². The lowest BCUT2D eigenvalue weighted by molar-refractivity contribution is 0.112. The van der Waals surface area contributed by atoms with Gasteiger partial charge in [-0.25, -0.2) is 0 Å². The number of likely N-dealkylation sites (tertiary alicyclic amines) is 1. The minimum Gasteiger partial charge on any atom is -0.327 e. The second-order valence-corrected chi connectivity index (χ2v) is 5.05. The van der Waals surface area contributed by atoms with Gasteiger partial charge in [-0.15, -0.1) is 0 Å². The number of hydrogen-bond acceptors (Lipinski definition) is 3. The Hall–Kier alpha value is -0.930. The minimum atomic E-state index is 0.382. The molecule has 0 aliphatic carbocycles. The van der Waals surface area contributed by atoms with Gasteiger partial charge in [0.1, 0.15) is 0 Å². The van der Waals surface area contributed by atoms with Crippen molar-refractivity contribution in [2.24, 2.45) is 11.7 Å². The summed E-state index contributed by atoms with van der Waals surface area (Å²) in [5, 5.41) is 0. The van der Waals surface area contributed by atoms with E-state index in [2.05, 4.69) is 35.9 Å². The molecular weight excluding hydrogens is 210 g/mol. The van der Waals surface area contributed by atoms with Gasteiger partial charge in [-0.1, -0.05) is 19.4 Å². The molecule has 0 spiro atoms. The maximum absolute atomic E-state index is 6.15. The Morgan fingerprint density at radius 2 is 2.35 bits per heavy atom. The normalized spacial score (nSPS) is 27.9. The third kappa shape index (κ3) is 2.85. The molecule has 1 aromatic rings. The second kappa shape index (κ2) is 5.61. The lowest BCUT2D eigenvalue weighted by atomic mass is 9.89. The molecule has 2 heterocycles. The van der Waals surface area contributed by atoms with Gasteiger partial charge in [0.25, 0.3) is 0 Å². The van der Waals surface area contributed by atoms with Crippen molar-refractivity contribution in [3.8, 4) is 0 Å². The van der Waals surface area contributed by atoms with Crippen LogP contribution in [0, 0.1) is 5.92 Å². The van der Waals surface area contributed by atoms with E-state index in [-0.39, 0.29) is 0 Å². The van der Waals surface area contributed by atoms with Crippen molar-refractivity contribution in [1.82, 2.24) is 9.88 Å². The average Bonchev–Trinajstić information content (AvgIpc) is 2.39. The number of rotatable bonds is 3. The van der Waals surface area contributed by atoms with Crippen LogP contribution in [-0.4, -0.2) is 29.0 Å². The first-order valence-corrected chi connectivity index (χ1v) is 6.63. The van der Waals surface area contributed by atoms with Crippen LogP contribution in [0.25, 0.3) is 0 Å². The quantitative estimate of drug-likeness (QED) is 0.870. The predicted molar refractivity (Wildman–Crippen MR) is 70.6 cm³/mol. The van der Waals surface area contributed by atoms with Crippen LogP contribution in [0.2, 0.25) is 0 Å². The Morgan fingerprint density at radius 1 is 1.53 bits per heavy atom. The van der Waals surface area contributed by atoms with E-state index in [1.165, 1.54) is 6.42 Å². The highest BCUT2D eigenvalue weighted by atomic mass is 15.2. The Labute approximate surface area is 104 Å². The molecule has 1 aliphatic heterocycles. The van der Waals surface area contributed by atoms with Crippen LogP contribution in [0.15, 0.2) is 24.4 Å². The smallest absolute Gasteiger partial charge is 0.0572 e. The van der Waals surface area contributed by atoms with Crippen molar-refractivity contribution >= 4 is 0 Å². The largest absolute Gasteiger partial charge is 0.327 e. The van der Waals surface area contributed by atoms with Crippen molar-refractivity contribution in [2.75, 3.05) is 13.1 Å². The van der Waals surface area contributed by atoms with Gasteiger partial charge in [-0.2, -0.15) is 0 Å². The van der Waals surface area contributed by atoms with Gasteiger partial charge in [-0.3, -0.25) is 9.88 Å². The number of nitrogens with two attached hydrogens (primary N) is 1. The van der Waals surface area contributed by atoms with Crippen molar-refractivity contribution in [3.05, 3.63) is 30.1 Å². The Kier molecular flexibility index (Phi) is 4.13. The van der Waals surface area contributed by atoms with Crippen molar-refractivity contribution in [1.29, 1.82) is 0 Å². The second-order valence-electron chi connectivity index (χ2n) is 5.05. The molecule has 2 N–H and O–H groups in total. The van der Waals surface area contributed by atoms with E-state index in [0.29, 0.717) is 18.0 Å². The van der Waals surface area contributed by atoms with Crippen molar-refractivity contribution in [3.63, 3.8) is 0 Å². The van der Waals surface area contributed by atoms with E-state index in [1.807, 2.05) is 12.3 Å². The van der Waals surface area contributed by atoms with E-state index in [0.717, 1.165) is 25.2 Å². The molecule has 0 amide bonds. The van der Waals surface area contributed by atoms with Crippen LogP contribution in [0.1, 0.15) is 38.4 Å². The molecule has 1 aliphatic rings. The molecule has 1 saturated heterocycles. The lowest BCUT2D eigenvalue weighted by Crippen LogP contribution is -2.47. The molecule has 3 heteroatoms. The Bertz CT molecular complexity index is 339. The summed E-state index contributed by atoms with van der Waals surface area (Å²) >= 11 is 0. The van der Waals surface area contributed by atoms with Crippen LogP contribution in [0.5, 0.6) is 0 Å². The fourth-order valence-electron chi connectivity index (χ4n) is 2.67. The van der Waals surface area contributed by atoms with Gasteiger partial charge in [0, 0.05) is 31.4 Å². The number of aromatic nitrogens is 1. The SMILES string of the molecule is CCC1CN(C(C)c2ccccn2)CCC1N. The standard InChI is InChI=1S/C14H23N3/c1-3-12-10-17(9-7-13(12)15)11(2)14-6-4-5-8-16-14/h4-6,8,11-13H,3,7,9-10,15H2,1-2H3. The summed E-state index contributed by atoms with van der Waals surface area (Å²) in [6, 6.07) is 6.92. The van der Waals surface area contributed by atoms with Gasteiger partial charge in [0.05, 0.1) is 5.69 Å². The summed E-state index contributed by atoms with van der Waals surface area (Å²) in [7, 11) is 0. The van der Waals surface area contributed by atoms with Crippen LogP contribution in [0.4, 0.5) is 0 Å². The zero-order valence-corrected chi connectivity index (χ0v) is 10.8. The summed E-state index contributed by atoms with van der Waals surface area (Å²) < 4.78 is 0. The first-order chi connectivity index (χ1) is 8.22. The Morgan fingerprint density at radius 3 is 3.00 bits per heavy atom. The van der Waals surface area contributed by atoms with Crippen LogP contribution >= 0.6 is 0 Å². The lowest BCUT2D eigenvalue weighted by Gasteiger charge is -2.39. The molecule has 3 atom stereocenters. The van der Waals surface area contributed by atoms with E-state index in [1.54, 1.807) is 0 Å². The monoisotopic (exact) mass is 233 g/mol. The van der Waals surface area contributed by atoms with Crippen LogP contribution in [0.3, 0.4) is 0 Å². The molecule has 0 bridgehead atoms. The Balaban J connectivity index is 2.03. The minimum absolute atomic E-state index is 0.382. The summed E-state index contributed by atoms with van der Waals surface area (Å²) in [6.45, 7) is 6.68. The van der Waals surface area contributed by atoms with Gasteiger partial charge in [-0.05, 0) is 31.4 Å². The molecule has 0 radical (unpaired) electrons. The summed E-state index contributed by atoms with van der Waals surface area (Å²) in [5.41, 5.74) is 7.31. The predicted octanol–water partition coefficient (Wildman–Crippen LogP) is 2.20. The van der Waals surface area contributed by atoms with Gasteiger partial charge in [0.15, 0.2) is 0 Å². The third-order valence-corrected chi connectivity index (χ3v) is 4.01. The molecule has 2 rings (SSSR count). The average molecular weight is 233 g/mol. The van der Waals surface area contributed by atoms with Crippen LogP contribution in [-0.2, 0) is 0 Å². The molecule has 17 heavy (non-hydrogen) atoms. The molecule has 0 aromatic carbocycles. The maximum atomic E-state index is 6.15. The molecule has 0 saturated carbocycles. The van der Waals surface area contributed by atoms with Crippen LogP contribution < -0.4 is 5.73 Å². The number of hydrogen-bond donors (Lipinski definition) is 1. The van der Waals surface area contributed by atoms with E-state index < -0.39 is 0 Å². The van der Waals surface area contributed by atoms with Gasteiger partial charge < -0.3 is 5.73 Å². The molecule has 1 fully saturated rings. The highest BCUT2D eigenvalue weighted by Gasteiger charge is 2.28. The van der Waals surface area contributed by atoms with E-state index in [4.69, 9.17) is 5.73 Å². The molecule has 94 valence electrons. The molecule has 3 unspecified atom stereocenters. The topological polar surface area (TPSA) is 42.2 Å². The molecule has 3 nitrogen and oxygen atoms in total. The summed E-state index contributed by atoms with van der Waals surface area (Å²) in [4.78, 5) is 6.96. The number of nitrogens with zero attached hydrogens (tertiary/aromatic N) is 2. The van der Waals surface area contributed by atoms with Crippen molar-refractivity contribution < 1.29 is 0 Å². The molecule has 1 aromatic heterocycles. The first-order valence-electron chi connectivity index (χ1n) is 6.63. The fraction of sp³-hybridized carbons (Fsp3) is 0.643. The number of pyridine rings is 1. The highest BCUT2D eigenvalue weighted by molar-refractivity contribution is 5.08. The highest BCUT2D eigenvalue weighted by Crippen LogP contribution is 2.26. The summed E-state index contributed by atoms with van der Waals surface area (Å²) in [6.07, 6.45) is 4.15. The van der Waals surface area contributed by atoms with E-state index in [9.17, 15) is 0 Å². The third-order valence-electron chi connectivity index (χ3n) is 4.01.